The Morgan fingerprint density at radius 2 is 2.21 bits per heavy atom. The molecule has 1 heterocycles. The number of hydrogen-bond acceptors (Lipinski definition) is 2. The van der Waals surface area contributed by atoms with E-state index in [1.807, 2.05) is 24.3 Å². The van der Waals surface area contributed by atoms with Gasteiger partial charge in [0.25, 0.3) is 0 Å². The Balaban J connectivity index is 1.99. The summed E-state index contributed by atoms with van der Waals surface area (Å²) >= 11 is 6.04. The Kier molecular flexibility index (Phi) is 3.27. The van der Waals surface area contributed by atoms with Crippen LogP contribution in [0.25, 0.3) is 0 Å². The van der Waals surface area contributed by atoms with Crippen molar-refractivity contribution in [1.82, 2.24) is 0 Å². The highest BCUT2D eigenvalue weighted by Gasteiger charge is 2.13. The lowest BCUT2D eigenvalue weighted by Gasteiger charge is -2.24. The molecule has 2 nitrogen and oxygen atoms in total. The molecular formula is C11H14ClNO. The molecule has 1 atom stereocenters. The van der Waals surface area contributed by atoms with Crippen LogP contribution in [0, 0.1) is 0 Å². The average molecular weight is 212 g/mol. The summed E-state index contributed by atoms with van der Waals surface area (Å²) in [6.45, 7) is 1.67. The molecule has 1 saturated heterocycles. The Hall–Kier alpha value is -0.730. The summed E-state index contributed by atoms with van der Waals surface area (Å²) in [5.41, 5.74) is 1.00. The maximum absolute atomic E-state index is 6.04. The number of benzene rings is 1. The number of rotatable bonds is 2. The third kappa shape index (κ3) is 2.40. The quantitative estimate of drug-likeness (QED) is 0.812. The van der Waals surface area contributed by atoms with Gasteiger partial charge in [-0.05, 0) is 25.0 Å². The first-order valence-electron chi connectivity index (χ1n) is 4.95. The molecule has 1 unspecified atom stereocenters. The van der Waals surface area contributed by atoms with Crippen LogP contribution in [0.2, 0.25) is 5.02 Å². The fourth-order valence-corrected chi connectivity index (χ4v) is 1.84. The normalized spacial score (nSPS) is 21.9. The largest absolute Gasteiger partial charge is 0.379 e. The SMILES string of the molecule is Clc1ccccc1NC1CCCOC1. The number of nitrogens with one attached hydrogen (secondary N) is 1. The number of para-hydroxylation sites is 1. The number of halogens is 1. The average Bonchev–Trinajstić information content (AvgIpc) is 2.23. The summed E-state index contributed by atoms with van der Waals surface area (Å²) < 4.78 is 5.39. The molecule has 1 fully saturated rings. The summed E-state index contributed by atoms with van der Waals surface area (Å²) in [6, 6.07) is 8.22. The highest BCUT2D eigenvalue weighted by Crippen LogP contribution is 2.22. The van der Waals surface area contributed by atoms with Crippen LogP contribution in [-0.2, 0) is 4.74 Å². The van der Waals surface area contributed by atoms with Crippen LogP contribution in [0.5, 0.6) is 0 Å². The molecule has 1 aromatic carbocycles. The molecule has 3 heteroatoms. The van der Waals surface area contributed by atoms with E-state index in [4.69, 9.17) is 16.3 Å². The van der Waals surface area contributed by atoms with Crippen molar-refractivity contribution in [2.24, 2.45) is 0 Å². The van der Waals surface area contributed by atoms with Crippen molar-refractivity contribution >= 4 is 17.3 Å². The first kappa shape index (κ1) is 9.81. The molecule has 14 heavy (non-hydrogen) atoms. The fourth-order valence-electron chi connectivity index (χ4n) is 1.65. The van der Waals surface area contributed by atoms with Gasteiger partial charge < -0.3 is 10.1 Å². The van der Waals surface area contributed by atoms with Crippen molar-refractivity contribution in [3.8, 4) is 0 Å². The lowest BCUT2D eigenvalue weighted by atomic mass is 10.1. The minimum absolute atomic E-state index is 0.406. The van der Waals surface area contributed by atoms with E-state index in [1.54, 1.807) is 0 Å². The van der Waals surface area contributed by atoms with E-state index in [9.17, 15) is 0 Å². The Bertz CT molecular complexity index is 297. The van der Waals surface area contributed by atoms with Crippen molar-refractivity contribution < 1.29 is 4.74 Å². The van der Waals surface area contributed by atoms with Gasteiger partial charge in [-0.3, -0.25) is 0 Å². The Morgan fingerprint density at radius 3 is 2.93 bits per heavy atom. The summed E-state index contributed by atoms with van der Waals surface area (Å²) in [6.07, 6.45) is 2.29. The minimum Gasteiger partial charge on any atom is -0.379 e. The maximum atomic E-state index is 6.04. The standard InChI is InChI=1S/C11H14ClNO/c12-10-5-1-2-6-11(10)13-9-4-3-7-14-8-9/h1-2,5-6,9,13H,3-4,7-8H2. The molecule has 0 aromatic heterocycles. The molecule has 2 rings (SSSR count). The third-order valence-corrected chi connectivity index (χ3v) is 2.72. The highest BCUT2D eigenvalue weighted by molar-refractivity contribution is 6.33. The molecule has 1 aliphatic heterocycles. The van der Waals surface area contributed by atoms with Crippen LogP contribution in [-0.4, -0.2) is 19.3 Å². The van der Waals surface area contributed by atoms with Crippen LogP contribution < -0.4 is 5.32 Å². The summed E-state index contributed by atoms with van der Waals surface area (Å²) in [5.74, 6) is 0. The van der Waals surface area contributed by atoms with Crippen LogP contribution >= 0.6 is 11.6 Å². The maximum Gasteiger partial charge on any atom is 0.0667 e. The van der Waals surface area contributed by atoms with Crippen LogP contribution in [0.1, 0.15) is 12.8 Å². The van der Waals surface area contributed by atoms with E-state index in [1.165, 1.54) is 0 Å². The van der Waals surface area contributed by atoms with Crippen molar-refractivity contribution in [3.63, 3.8) is 0 Å². The number of hydrogen-bond donors (Lipinski definition) is 1. The second-order valence-corrected chi connectivity index (χ2v) is 3.95. The molecule has 0 aliphatic carbocycles. The topological polar surface area (TPSA) is 21.3 Å². The molecule has 0 radical (unpaired) electrons. The van der Waals surface area contributed by atoms with Crippen molar-refractivity contribution in [2.75, 3.05) is 18.5 Å². The van der Waals surface area contributed by atoms with Gasteiger partial charge in [-0.1, -0.05) is 23.7 Å². The van der Waals surface area contributed by atoms with Gasteiger partial charge in [0.15, 0.2) is 0 Å². The van der Waals surface area contributed by atoms with E-state index in [2.05, 4.69) is 5.32 Å². The second-order valence-electron chi connectivity index (χ2n) is 3.54. The van der Waals surface area contributed by atoms with Crippen molar-refractivity contribution in [2.45, 2.75) is 18.9 Å². The van der Waals surface area contributed by atoms with Gasteiger partial charge in [0.05, 0.1) is 17.3 Å². The van der Waals surface area contributed by atoms with Crippen LogP contribution in [0.4, 0.5) is 5.69 Å². The van der Waals surface area contributed by atoms with Gasteiger partial charge in [0.2, 0.25) is 0 Å². The number of ether oxygens (including phenoxy) is 1. The van der Waals surface area contributed by atoms with Gasteiger partial charge in [0.1, 0.15) is 0 Å². The second kappa shape index (κ2) is 4.67. The monoisotopic (exact) mass is 211 g/mol. The zero-order chi connectivity index (χ0) is 9.80. The highest BCUT2D eigenvalue weighted by atomic mass is 35.5. The first-order valence-corrected chi connectivity index (χ1v) is 5.33. The van der Waals surface area contributed by atoms with E-state index in [0.29, 0.717) is 6.04 Å². The zero-order valence-corrected chi connectivity index (χ0v) is 8.76. The predicted molar refractivity (Wildman–Crippen MR) is 58.9 cm³/mol. The molecule has 1 aliphatic rings. The summed E-state index contributed by atoms with van der Waals surface area (Å²) in [7, 11) is 0. The summed E-state index contributed by atoms with van der Waals surface area (Å²) in [4.78, 5) is 0. The van der Waals surface area contributed by atoms with E-state index in [-0.39, 0.29) is 0 Å². The Morgan fingerprint density at radius 1 is 1.36 bits per heavy atom. The van der Waals surface area contributed by atoms with E-state index in [0.717, 1.165) is 36.8 Å². The zero-order valence-electron chi connectivity index (χ0n) is 8.00. The molecule has 0 bridgehead atoms. The lowest BCUT2D eigenvalue weighted by Crippen LogP contribution is -2.29. The summed E-state index contributed by atoms with van der Waals surface area (Å²) in [5, 5.41) is 4.17. The molecule has 1 aromatic rings. The van der Waals surface area contributed by atoms with Crippen molar-refractivity contribution in [1.29, 1.82) is 0 Å². The van der Waals surface area contributed by atoms with Crippen LogP contribution in [0.3, 0.4) is 0 Å². The van der Waals surface area contributed by atoms with Crippen LogP contribution in [0.15, 0.2) is 24.3 Å². The minimum atomic E-state index is 0.406. The molecule has 76 valence electrons. The van der Waals surface area contributed by atoms with Gasteiger partial charge in [-0.15, -0.1) is 0 Å². The molecular weight excluding hydrogens is 198 g/mol. The predicted octanol–water partition coefficient (Wildman–Crippen LogP) is 2.93. The Labute approximate surface area is 89.2 Å². The van der Waals surface area contributed by atoms with Gasteiger partial charge in [-0.25, -0.2) is 0 Å². The lowest BCUT2D eigenvalue weighted by molar-refractivity contribution is 0.0876. The van der Waals surface area contributed by atoms with E-state index >= 15 is 0 Å². The molecule has 0 amide bonds. The molecule has 1 N–H and O–H groups in total. The molecule has 0 saturated carbocycles. The number of anilines is 1. The van der Waals surface area contributed by atoms with Gasteiger partial charge in [-0.2, -0.15) is 0 Å². The molecule has 0 spiro atoms. The van der Waals surface area contributed by atoms with E-state index < -0.39 is 0 Å². The van der Waals surface area contributed by atoms with Gasteiger partial charge >= 0.3 is 0 Å². The van der Waals surface area contributed by atoms with Crippen molar-refractivity contribution in [3.05, 3.63) is 29.3 Å². The third-order valence-electron chi connectivity index (χ3n) is 2.39. The first-order chi connectivity index (χ1) is 6.86. The van der Waals surface area contributed by atoms with Gasteiger partial charge in [0, 0.05) is 12.6 Å². The fraction of sp³-hybridized carbons (Fsp3) is 0.455. The smallest absolute Gasteiger partial charge is 0.0667 e.